The number of hydrogen-bond acceptors (Lipinski definition) is 5. The summed E-state index contributed by atoms with van der Waals surface area (Å²) >= 11 is 0. The number of aliphatic hydroxyl groups excluding tert-OH is 1. The molecule has 0 saturated carbocycles. The molecule has 1 N–H and O–H groups in total. The fourth-order valence-electron chi connectivity index (χ4n) is 1.70. The van der Waals surface area contributed by atoms with Gasteiger partial charge in [0, 0.05) is 5.56 Å². The second-order valence-electron chi connectivity index (χ2n) is 3.70. The number of benzene rings is 1. The van der Waals surface area contributed by atoms with Crippen LogP contribution in [0.15, 0.2) is 12.1 Å². The van der Waals surface area contributed by atoms with Crippen molar-refractivity contribution in [3.8, 4) is 11.5 Å². The Hall–Kier alpha value is -1.75. The van der Waals surface area contributed by atoms with Gasteiger partial charge < -0.3 is 19.3 Å². The second-order valence-corrected chi connectivity index (χ2v) is 3.70. The van der Waals surface area contributed by atoms with Crippen LogP contribution < -0.4 is 9.47 Å². The lowest BCUT2D eigenvalue weighted by Crippen LogP contribution is -2.15. The van der Waals surface area contributed by atoms with Crippen LogP contribution in [0.2, 0.25) is 0 Å². The van der Waals surface area contributed by atoms with Gasteiger partial charge in [-0.15, -0.1) is 0 Å². The van der Waals surface area contributed by atoms with Crippen molar-refractivity contribution in [3.05, 3.63) is 23.3 Å². The molecule has 1 rings (SSSR count). The van der Waals surface area contributed by atoms with E-state index >= 15 is 0 Å². The molecular formula is C13H18O5. The number of hydrogen-bond donors (Lipinski definition) is 1. The van der Waals surface area contributed by atoms with Crippen LogP contribution >= 0.6 is 0 Å². The molecule has 1 atom stereocenters. The highest BCUT2D eigenvalue weighted by Crippen LogP contribution is 2.36. The van der Waals surface area contributed by atoms with E-state index in [9.17, 15) is 9.90 Å². The van der Waals surface area contributed by atoms with E-state index in [1.165, 1.54) is 21.3 Å². The van der Waals surface area contributed by atoms with Crippen LogP contribution in [0.25, 0.3) is 0 Å². The lowest BCUT2D eigenvalue weighted by molar-refractivity contribution is -0.150. The van der Waals surface area contributed by atoms with Crippen LogP contribution in [0, 0.1) is 0 Å². The molecule has 1 aromatic carbocycles. The maximum atomic E-state index is 11.4. The van der Waals surface area contributed by atoms with Gasteiger partial charge in [-0.3, -0.25) is 0 Å². The zero-order valence-corrected chi connectivity index (χ0v) is 11.0. The summed E-state index contributed by atoms with van der Waals surface area (Å²) in [5.41, 5.74) is 1.28. The van der Waals surface area contributed by atoms with Crippen LogP contribution in [0.5, 0.6) is 11.5 Å². The summed E-state index contributed by atoms with van der Waals surface area (Å²) < 4.78 is 14.9. The zero-order chi connectivity index (χ0) is 13.7. The first-order chi connectivity index (χ1) is 8.58. The molecule has 0 aliphatic carbocycles. The number of methoxy groups -OCH3 is 3. The molecule has 0 spiro atoms. The summed E-state index contributed by atoms with van der Waals surface area (Å²) in [6, 6.07) is 3.52. The van der Waals surface area contributed by atoms with Gasteiger partial charge in [-0.05, 0) is 24.1 Å². The fraction of sp³-hybridized carbons (Fsp3) is 0.462. The molecule has 1 aromatic rings. The molecule has 5 nitrogen and oxygen atoms in total. The van der Waals surface area contributed by atoms with Crippen molar-refractivity contribution in [2.45, 2.75) is 19.4 Å². The van der Waals surface area contributed by atoms with Gasteiger partial charge in [0.05, 0.1) is 21.3 Å². The van der Waals surface area contributed by atoms with E-state index in [-0.39, 0.29) is 0 Å². The first-order valence-electron chi connectivity index (χ1n) is 5.59. The molecule has 100 valence electrons. The highest BCUT2D eigenvalue weighted by atomic mass is 16.5. The van der Waals surface area contributed by atoms with Gasteiger partial charge in [-0.1, -0.05) is 6.92 Å². The molecular weight excluding hydrogens is 236 g/mol. The van der Waals surface area contributed by atoms with Crippen LogP contribution in [0.1, 0.15) is 24.2 Å². The highest BCUT2D eigenvalue weighted by Gasteiger charge is 2.25. The molecule has 0 bridgehead atoms. The second kappa shape index (κ2) is 6.26. The molecule has 0 saturated heterocycles. The van der Waals surface area contributed by atoms with Gasteiger partial charge in [-0.25, -0.2) is 4.79 Å². The average molecular weight is 254 g/mol. The molecule has 1 unspecified atom stereocenters. The van der Waals surface area contributed by atoms with E-state index in [1.54, 1.807) is 6.07 Å². The largest absolute Gasteiger partial charge is 0.493 e. The summed E-state index contributed by atoms with van der Waals surface area (Å²) in [5.74, 6) is 0.0889. The lowest BCUT2D eigenvalue weighted by atomic mass is 10.0. The van der Waals surface area contributed by atoms with E-state index < -0.39 is 12.1 Å². The zero-order valence-electron chi connectivity index (χ0n) is 11.0. The van der Waals surface area contributed by atoms with Gasteiger partial charge in [0.25, 0.3) is 0 Å². The quantitative estimate of drug-likeness (QED) is 0.806. The number of esters is 1. The Bertz CT molecular complexity index is 428. The molecule has 18 heavy (non-hydrogen) atoms. The standard InChI is InChI=1S/C13H18O5/c1-5-8-6-9(11(14)13(15)18-4)12(17-3)10(7-8)16-2/h6-7,11,14H,5H2,1-4H3. The number of aryl methyl sites for hydroxylation is 1. The van der Waals surface area contributed by atoms with Gasteiger partial charge in [0.2, 0.25) is 0 Å². The number of carbonyl (C=O) groups excluding carboxylic acids is 1. The number of aliphatic hydroxyl groups is 1. The highest BCUT2D eigenvalue weighted by molar-refractivity contribution is 5.78. The first-order valence-corrected chi connectivity index (χ1v) is 5.59. The molecule has 0 fully saturated rings. The predicted octanol–water partition coefficient (Wildman–Crippen LogP) is 1.47. The van der Waals surface area contributed by atoms with Crippen LogP contribution in [0.3, 0.4) is 0 Å². The third-order valence-electron chi connectivity index (χ3n) is 2.69. The van der Waals surface area contributed by atoms with Crippen molar-refractivity contribution >= 4 is 5.97 Å². The summed E-state index contributed by atoms with van der Waals surface area (Å²) in [6.07, 6.45) is -0.633. The Morgan fingerprint density at radius 3 is 2.39 bits per heavy atom. The van der Waals surface area contributed by atoms with Crippen LogP contribution in [0.4, 0.5) is 0 Å². The smallest absolute Gasteiger partial charge is 0.339 e. The fourth-order valence-corrected chi connectivity index (χ4v) is 1.70. The molecule has 0 heterocycles. The van der Waals surface area contributed by atoms with E-state index in [2.05, 4.69) is 4.74 Å². The molecule has 5 heteroatoms. The summed E-state index contributed by atoms with van der Waals surface area (Å²) in [4.78, 5) is 11.4. The van der Waals surface area contributed by atoms with Crippen molar-refractivity contribution in [1.29, 1.82) is 0 Å². The SMILES string of the molecule is CCc1cc(OC)c(OC)c(C(O)C(=O)OC)c1. The number of rotatable bonds is 5. The van der Waals surface area contributed by atoms with E-state index in [4.69, 9.17) is 9.47 Å². The minimum Gasteiger partial charge on any atom is -0.493 e. The van der Waals surface area contributed by atoms with Crippen molar-refractivity contribution < 1.29 is 24.1 Å². The van der Waals surface area contributed by atoms with Crippen molar-refractivity contribution in [2.75, 3.05) is 21.3 Å². The van der Waals surface area contributed by atoms with Crippen molar-refractivity contribution in [1.82, 2.24) is 0 Å². The molecule has 0 aliphatic heterocycles. The van der Waals surface area contributed by atoms with Crippen LogP contribution in [-0.2, 0) is 16.0 Å². The van der Waals surface area contributed by atoms with Gasteiger partial charge in [0.15, 0.2) is 17.6 Å². The number of ether oxygens (including phenoxy) is 3. The van der Waals surface area contributed by atoms with E-state index in [0.717, 1.165) is 12.0 Å². The molecule has 0 aliphatic rings. The Balaban J connectivity index is 3.34. The Morgan fingerprint density at radius 2 is 1.94 bits per heavy atom. The Labute approximate surface area is 106 Å². The maximum absolute atomic E-state index is 11.4. The first kappa shape index (κ1) is 14.3. The molecule has 0 aromatic heterocycles. The minimum absolute atomic E-state index is 0.340. The summed E-state index contributed by atoms with van der Waals surface area (Å²) in [6.45, 7) is 1.97. The molecule has 0 amide bonds. The summed E-state index contributed by atoms with van der Waals surface area (Å²) in [5, 5.41) is 9.93. The Morgan fingerprint density at radius 1 is 1.28 bits per heavy atom. The monoisotopic (exact) mass is 254 g/mol. The van der Waals surface area contributed by atoms with Crippen molar-refractivity contribution in [3.63, 3.8) is 0 Å². The predicted molar refractivity (Wildman–Crippen MR) is 65.9 cm³/mol. The minimum atomic E-state index is -1.38. The topological polar surface area (TPSA) is 65.0 Å². The van der Waals surface area contributed by atoms with Crippen LogP contribution in [-0.4, -0.2) is 32.4 Å². The average Bonchev–Trinajstić information content (AvgIpc) is 2.43. The van der Waals surface area contributed by atoms with Crippen molar-refractivity contribution in [2.24, 2.45) is 0 Å². The van der Waals surface area contributed by atoms with Gasteiger partial charge in [0.1, 0.15) is 0 Å². The molecule has 0 radical (unpaired) electrons. The van der Waals surface area contributed by atoms with E-state index in [0.29, 0.717) is 17.1 Å². The lowest BCUT2D eigenvalue weighted by Gasteiger charge is -2.17. The third-order valence-corrected chi connectivity index (χ3v) is 2.69. The Kier molecular flexibility index (Phi) is 4.97. The van der Waals surface area contributed by atoms with Gasteiger partial charge in [-0.2, -0.15) is 0 Å². The van der Waals surface area contributed by atoms with E-state index in [1.807, 2.05) is 13.0 Å². The van der Waals surface area contributed by atoms with Gasteiger partial charge >= 0.3 is 5.97 Å². The third kappa shape index (κ3) is 2.73. The normalized spacial score (nSPS) is 11.8. The summed E-state index contributed by atoms with van der Waals surface area (Å²) in [7, 11) is 4.18. The maximum Gasteiger partial charge on any atom is 0.339 e. The number of carbonyl (C=O) groups is 1.